The largest absolute Gasteiger partial charge is 0.248 e. The van der Waals surface area contributed by atoms with Crippen LogP contribution in [0.1, 0.15) is 16.7 Å². The SMILES string of the molecule is Cc1cc(C)cc(-c2nc3ccc(F)cc3cc2C)c1. The summed E-state index contributed by atoms with van der Waals surface area (Å²) in [7, 11) is 0. The van der Waals surface area contributed by atoms with E-state index in [-0.39, 0.29) is 5.82 Å². The molecule has 2 heteroatoms. The molecule has 0 saturated heterocycles. The third-order valence-corrected chi connectivity index (χ3v) is 3.46. The minimum absolute atomic E-state index is 0.224. The first-order valence-electron chi connectivity index (χ1n) is 6.68. The monoisotopic (exact) mass is 265 g/mol. The number of rotatable bonds is 1. The molecule has 1 aromatic heterocycles. The van der Waals surface area contributed by atoms with Crippen LogP contribution < -0.4 is 0 Å². The molecule has 3 rings (SSSR count). The third kappa shape index (κ3) is 2.29. The number of benzene rings is 2. The van der Waals surface area contributed by atoms with Gasteiger partial charge in [-0.1, -0.05) is 17.2 Å². The molecule has 0 bridgehead atoms. The van der Waals surface area contributed by atoms with Gasteiger partial charge in [0.1, 0.15) is 5.82 Å². The average Bonchev–Trinajstić information content (AvgIpc) is 2.36. The van der Waals surface area contributed by atoms with Crippen molar-refractivity contribution < 1.29 is 4.39 Å². The molecule has 2 aromatic carbocycles. The second-order valence-corrected chi connectivity index (χ2v) is 5.37. The molecular formula is C18H16FN. The highest BCUT2D eigenvalue weighted by Crippen LogP contribution is 2.27. The number of hydrogen-bond acceptors (Lipinski definition) is 1. The molecule has 0 aliphatic carbocycles. The van der Waals surface area contributed by atoms with Gasteiger partial charge in [-0.05, 0) is 62.7 Å². The maximum atomic E-state index is 13.3. The number of aryl methyl sites for hydroxylation is 3. The van der Waals surface area contributed by atoms with E-state index in [1.807, 2.05) is 13.0 Å². The zero-order chi connectivity index (χ0) is 14.3. The molecule has 1 nitrogen and oxygen atoms in total. The number of nitrogens with zero attached hydrogens (tertiary/aromatic N) is 1. The molecule has 0 aliphatic heterocycles. The normalized spacial score (nSPS) is 11.0. The summed E-state index contributed by atoms with van der Waals surface area (Å²) in [5.41, 5.74) is 6.42. The van der Waals surface area contributed by atoms with E-state index in [9.17, 15) is 4.39 Å². The lowest BCUT2D eigenvalue weighted by Crippen LogP contribution is -1.92. The van der Waals surface area contributed by atoms with Gasteiger partial charge >= 0.3 is 0 Å². The van der Waals surface area contributed by atoms with Crippen LogP contribution in [0.25, 0.3) is 22.2 Å². The fraction of sp³-hybridized carbons (Fsp3) is 0.167. The molecule has 1 heterocycles. The van der Waals surface area contributed by atoms with Crippen molar-refractivity contribution >= 4 is 10.9 Å². The quantitative estimate of drug-likeness (QED) is 0.605. The number of pyridine rings is 1. The van der Waals surface area contributed by atoms with Crippen molar-refractivity contribution in [2.45, 2.75) is 20.8 Å². The van der Waals surface area contributed by atoms with E-state index < -0.39 is 0 Å². The predicted molar refractivity (Wildman–Crippen MR) is 81.3 cm³/mol. The second-order valence-electron chi connectivity index (χ2n) is 5.37. The Hall–Kier alpha value is -2.22. The van der Waals surface area contributed by atoms with Gasteiger partial charge in [0.25, 0.3) is 0 Å². The Balaban J connectivity index is 2.25. The van der Waals surface area contributed by atoms with Crippen molar-refractivity contribution in [3.8, 4) is 11.3 Å². The maximum Gasteiger partial charge on any atom is 0.123 e. The Bertz CT molecular complexity index is 786. The summed E-state index contributed by atoms with van der Waals surface area (Å²) in [6.07, 6.45) is 0. The van der Waals surface area contributed by atoms with Gasteiger partial charge in [-0.15, -0.1) is 0 Å². The van der Waals surface area contributed by atoms with Crippen molar-refractivity contribution in [1.29, 1.82) is 0 Å². The molecule has 0 fully saturated rings. The molecule has 0 unspecified atom stereocenters. The minimum Gasteiger partial charge on any atom is -0.248 e. The topological polar surface area (TPSA) is 12.9 Å². The van der Waals surface area contributed by atoms with Crippen molar-refractivity contribution in [3.05, 3.63) is 65.0 Å². The minimum atomic E-state index is -0.224. The summed E-state index contributed by atoms with van der Waals surface area (Å²) in [6.45, 7) is 6.19. The van der Waals surface area contributed by atoms with Crippen LogP contribution in [-0.2, 0) is 0 Å². The van der Waals surface area contributed by atoms with Crippen molar-refractivity contribution in [2.24, 2.45) is 0 Å². The summed E-state index contributed by atoms with van der Waals surface area (Å²) in [5.74, 6) is -0.224. The fourth-order valence-electron chi connectivity index (χ4n) is 2.66. The van der Waals surface area contributed by atoms with Gasteiger partial charge in [-0.25, -0.2) is 9.37 Å². The van der Waals surface area contributed by atoms with Gasteiger partial charge in [0.05, 0.1) is 11.2 Å². The summed E-state index contributed by atoms with van der Waals surface area (Å²) in [4.78, 5) is 4.70. The van der Waals surface area contributed by atoms with Gasteiger partial charge in [0, 0.05) is 10.9 Å². The number of fused-ring (bicyclic) bond motifs is 1. The lowest BCUT2D eigenvalue weighted by atomic mass is 10.0. The molecule has 0 aliphatic rings. The Labute approximate surface area is 118 Å². The maximum absolute atomic E-state index is 13.3. The van der Waals surface area contributed by atoms with E-state index >= 15 is 0 Å². The van der Waals surface area contributed by atoms with E-state index in [0.717, 1.165) is 27.7 Å². The number of aromatic nitrogens is 1. The predicted octanol–water partition coefficient (Wildman–Crippen LogP) is 4.97. The third-order valence-electron chi connectivity index (χ3n) is 3.46. The summed E-state index contributed by atoms with van der Waals surface area (Å²) in [5, 5.41) is 0.843. The smallest absolute Gasteiger partial charge is 0.123 e. The zero-order valence-corrected chi connectivity index (χ0v) is 11.9. The van der Waals surface area contributed by atoms with E-state index in [1.54, 1.807) is 6.07 Å². The lowest BCUT2D eigenvalue weighted by Gasteiger charge is -2.09. The zero-order valence-electron chi connectivity index (χ0n) is 11.9. The molecule has 20 heavy (non-hydrogen) atoms. The standard InChI is InChI=1S/C18H16FN/c1-11-6-12(2)8-15(7-11)18-13(3)9-14-10-16(19)4-5-17(14)20-18/h4-10H,1-3H3. The summed E-state index contributed by atoms with van der Waals surface area (Å²) >= 11 is 0. The van der Waals surface area contributed by atoms with Crippen molar-refractivity contribution in [1.82, 2.24) is 4.98 Å². The molecule has 3 aromatic rings. The second kappa shape index (κ2) is 4.71. The first-order chi connectivity index (χ1) is 9.52. The average molecular weight is 265 g/mol. The molecule has 0 saturated carbocycles. The highest BCUT2D eigenvalue weighted by atomic mass is 19.1. The van der Waals surface area contributed by atoms with Gasteiger partial charge in [0.2, 0.25) is 0 Å². The fourth-order valence-corrected chi connectivity index (χ4v) is 2.66. The van der Waals surface area contributed by atoms with Crippen LogP contribution in [0.3, 0.4) is 0 Å². The van der Waals surface area contributed by atoms with Gasteiger partial charge < -0.3 is 0 Å². The van der Waals surface area contributed by atoms with E-state index in [0.29, 0.717) is 0 Å². The molecule has 0 amide bonds. The Morgan fingerprint density at radius 2 is 1.55 bits per heavy atom. The molecule has 0 atom stereocenters. The van der Waals surface area contributed by atoms with Crippen molar-refractivity contribution in [2.75, 3.05) is 0 Å². The Morgan fingerprint density at radius 1 is 0.850 bits per heavy atom. The molecule has 0 N–H and O–H groups in total. The van der Waals surface area contributed by atoms with E-state index in [1.165, 1.54) is 23.3 Å². The van der Waals surface area contributed by atoms with E-state index in [4.69, 9.17) is 4.98 Å². The first kappa shape index (κ1) is 12.8. The molecule has 0 radical (unpaired) electrons. The van der Waals surface area contributed by atoms with Gasteiger partial charge in [-0.3, -0.25) is 0 Å². The van der Waals surface area contributed by atoms with Crippen LogP contribution in [0.15, 0.2) is 42.5 Å². The van der Waals surface area contributed by atoms with Crippen LogP contribution in [-0.4, -0.2) is 4.98 Å². The lowest BCUT2D eigenvalue weighted by molar-refractivity contribution is 0.629. The van der Waals surface area contributed by atoms with Gasteiger partial charge in [-0.2, -0.15) is 0 Å². The summed E-state index contributed by atoms with van der Waals surface area (Å²) in [6, 6.07) is 13.1. The highest BCUT2D eigenvalue weighted by molar-refractivity contribution is 5.83. The molecular weight excluding hydrogens is 249 g/mol. The molecule has 100 valence electrons. The van der Waals surface area contributed by atoms with Crippen LogP contribution in [0.4, 0.5) is 4.39 Å². The molecule has 0 spiro atoms. The van der Waals surface area contributed by atoms with Crippen LogP contribution in [0, 0.1) is 26.6 Å². The number of halogens is 1. The summed E-state index contributed by atoms with van der Waals surface area (Å²) < 4.78 is 13.3. The van der Waals surface area contributed by atoms with Crippen LogP contribution in [0.5, 0.6) is 0 Å². The highest BCUT2D eigenvalue weighted by Gasteiger charge is 2.08. The van der Waals surface area contributed by atoms with Crippen molar-refractivity contribution in [3.63, 3.8) is 0 Å². The Kier molecular flexibility index (Phi) is 3.01. The first-order valence-corrected chi connectivity index (χ1v) is 6.68. The van der Waals surface area contributed by atoms with E-state index in [2.05, 4.69) is 32.0 Å². The van der Waals surface area contributed by atoms with Gasteiger partial charge in [0.15, 0.2) is 0 Å². The van der Waals surface area contributed by atoms with Crippen LogP contribution in [0.2, 0.25) is 0 Å². The Morgan fingerprint density at radius 3 is 2.25 bits per heavy atom. The number of hydrogen-bond donors (Lipinski definition) is 0. The van der Waals surface area contributed by atoms with Crippen LogP contribution >= 0.6 is 0 Å².